The molecule has 1 fully saturated rings. The largest absolute Gasteiger partial charge is 0.381 e. The normalized spacial score (nSPS) is 19.3. The molecule has 0 aliphatic carbocycles. The van der Waals surface area contributed by atoms with Crippen LogP contribution in [0, 0.1) is 9.39 Å². The van der Waals surface area contributed by atoms with Crippen molar-refractivity contribution in [3.05, 3.63) is 30.9 Å². The lowest BCUT2D eigenvalue weighted by Crippen LogP contribution is -2.06. The number of benzene rings is 1. The van der Waals surface area contributed by atoms with Gasteiger partial charge in [0.15, 0.2) is 5.82 Å². The van der Waals surface area contributed by atoms with Gasteiger partial charge in [-0.1, -0.05) is 11.6 Å². The highest BCUT2D eigenvalue weighted by Gasteiger charge is 2.23. The van der Waals surface area contributed by atoms with Crippen molar-refractivity contribution < 1.29 is 9.13 Å². The molecule has 100 valence electrons. The monoisotopic (exact) mass is 456 g/mol. The highest BCUT2D eigenvalue weighted by atomic mass is 127. The van der Waals surface area contributed by atoms with E-state index in [-0.39, 0.29) is 16.6 Å². The third-order valence-electron chi connectivity index (χ3n) is 3.09. The van der Waals surface area contributed by atoms with Gasteiger partial charge < -0.3 is 4.74 Å². The van der Waals surface area contributed by atoms with Crippen LogP contribution in [-0.2, 0) is 4.74 Å². The van der Waals surface area contributed by atoms with Crippen LogP contribution in [0.15, 0.2) is 10.5 Å². The van der Waals surface area contributed by atoms with Crippen LogP contribution in [0.25, 0.3) is 10.9 Å². The van der Waals surface area contributed by atoms with Crippen LogP contribution in [-0.4, -0.2) is 23.2 Å². The molecular weight excluding hydrogens is 449 g/mol. The first-order chi connectivity index (χ1) is 9.08. The molecule has 1 aliphatic rings. The highest BCUT2D eigenvalue weighted by molar-refractivity contribution is 14.1. The molecular formula is C12H8BrClFIN2O. The minimum absolute atomic E-state index is 0.0966. The fourth-order valence-corrected chi connectivity index (χ4v) is 3.15. The number of ether oxygens (including phenoxy) is 1. The number of fused-ring (bicyclic) bond motifs is 1. The summed E-state index contributed by atoms with van der Waals surface area (Å²) in [5.74, 6) is 0.257. The van der Waals surface area contributed by atoms with Gasteiger partial charge in [0.25, 0.3) is 0 Å². The van der Waals surface area contributed by atoms with Crippen molar-refractivity contribution in [1.82, 2.24) is 9.97 Å². The quantitative estimate of drug-likeness (QED) is 0.364. The summed E-state index contributed by atoms with van der Waals surface area (Å²) in [6.07, 6.45) is 0.842. The predicted octanol–water partition coefficient (Wildman–Crippen LogP) is 4.29. The Morgan fingerprint density at radius 1 is 1.47 bits per heavy atom. The van der Waals surface area contributed by atoms with Crippen LogP contribution in [0.2, 0.25) is 5.15 Å². The lowest BCUT2D eigenvalue weighted by Gasteiger charge is -2.10. The molecule has 19 heavy (non-hydrogen) atoms. The van der Waals surface area contributed by atoms with Crippen molar-refractivity contribution >= 4 is 61.0 Å². The standard InChI is InChI=1S/C12H8BrClFIN2O/c13-8-7(16)3-6-10(9(8)15)17-12(18-11(6)14)5-1-2-19-4-5/h3,5H,1-2,4H2. The second-order valence-corrected chi connectivity index (χ2v) is 6.63. The van der Waals surface area contributed by atoms with Crippen molar-refractivity contribution in [2.24, 2.45) is 0 Å². The summed E-state index contributed by atoms with van der Waals surface area (Å²) in [7, 11) is 0. The van der Waals surface area contributed by atoms with Gasteiger partial charge in [-0.25, -0.2) is 14.4 Å². The Kier molecular flexibility index (Phi) is 3.94. The number of rotatable bonds is 1. The third kappa shape index (κ3) is 2.48. The average Bonchev–Trinajstić information content (AvgIpc) is 2.91. The van der Waals surface area contributed by atoms with Crippen molar-refractivity contribution in [1.29, 1.82) is 0 Å². The molecule has 0 N–H and O–H groups in total. The molecule has 1 aromatic carbocycles. The van der Waals surface area contributed by atoms with Crippen molar-refractivity contribution in [2.75, 3.05) is 13.2 Å². The molecule has 3 nitrogen and oxygen atoms in total. The molecule has 2 aromatic rings. The average molecular weight is 457 g/mol. The molecule has 1 unspecified atom stereocenters. The van der Waals surface area contributed by atoms with E-state index in [0.29, 0.717) is 28.9 Å². The van der Waals surface area contributed by atoms with E-state index in [2.05, 4.69) is 25.9 Å². The van der Waals surface area contributed by atoms with Crippen LogP contribution in [0.4, 0.5) is 4.39 Å². The topological polar surface area (TPSA) is 35.0 Å². The van der Waals surface area contributed by atoms with Gasteiger partial charge in [-0.05, 0) is 51.0 Å². The Bertz CT molecular complexity index is 664. The fraction of sp³-hybridized carbons (Fsp3) is 0.333. The van der Waals surface area contributed by atoms with Crippen LogP contribution in [0.3, 0.4) is 0 Å². The van der Waals surface area contributed by atoms with Crippen LogP contribution < -0.4 is 0 Å². The van der Waals surface area contributed by atoms with Gasteiger partial charge in [-0.2, -0.15) is 0 Å². The van der Waals surface area contributed by atoms with Crippen molar-refractivity contribution in [2.45, 2.75) is 12.3 Å². The van der Waals surface area contributed by atoms with Gasteiger partial charge in [0.1, 0.15) is 16.5 Å². The van der Waals surface area contributed by atoms with E-state index in [4.69, 9.17) is 16.3 Å². The van der Waals surface area contributed by atoms with Crippen LogP contribution in [0.5, 0.6) is 0 Å². The van der Waals surface area contributed by atoms with E-state index < -0.39 is 5.82 Å². The molecule has 0 radical (unpaired) electrons. The summed E-state index contributed by atoms with van der Waals surface area (Å²) in [6.45, 7) is 1.25. The molecule has 2 heterocycles. The van der Waals surface area contributed by atoms with E-state index in [1.165, 1.54) is 0 Å². The van der Waals surface area contributed by atoms with Gasteiger partial charge >= 0.3 is 0 Å². The number of hydrogen-bond donors (Lipinski definition) is 0. The summed E-state index contributed by atoms with van der Waals surface area (Å²) in [5.41, 5.74) is 0.259. The second kappa shape index (κ2) is 5.38. The highest BCUT2D eigenvalue weighted by Crippen LogP contribution is 2.33. The number of nitrogens with zero attached hydrogens (tertiary/aromatic N) is 2. The van der Waals surface area contributed by atoms with E-state index in [0.717, 1.165) is 9.99 Å². The van der Waals surface area contributed by atoms with Crippen molar-refractivity contribution in [3.8, 4) is 0 Å². The molecule has 1 aromatic heterocycles. The van der Waals surface area contributed by atoms with Crippen molar-refractivity contribution in [3.63, 3.8) is 0 Å². The van der Waals surface area contributed by atoms with Gasteiger partial charge in [-0.3, -0.25) is 0 Å². The van der Waals surface area contributed by atoms with Gasteiger partial charge in [0.05, 0.1) is 11.1 Å². The minimum Gasteiger partial charge on any atom is -0.381 e. The maximum Gasteiger partial charge on any atom is 0.164 e. The number of halogens is 4. The Morgan fingerprint density at radius 2 is 2.26 bits per heavy atom. The smallest absolute Gasteiger partial charge is 0.164 e. The first-order valence-electron chi connectivity index (χ1n) is 5.66. The summed E-state index contributed by atoms with van der Waals surface area (Å²) in [4.78, 5) is 8.62. The zero-order chi connectivity index (χ0) is 13.6. The second-order valence-electron chi connectivity index (χ2n) is 4.32. The molecule has 1 saturated heterocycles. The number of hydrogen-bond acceptors (Lipinski definition) is 3. The molecule has 3 rings (SSSR count). The molecule has 0 bridgehead atoms. The third-order valence-corrected chi connectivity index (χ3v) is 5.75. The zero-order valence-electron chi connectivity index (χ0n) is 9.59. The Hall–Kier alpha value is -0.0500. The van der Waals surface area contributed by atoms with Gasteiger partial charge in [-0.15, -0.1) is 0 Å². The fourth-order valence-electron chi connectivity index (χ4n) is 2.07. The van der Waals surface area contributed by atoms with E-state index in [1.54, 1.807) is 6.07 Å². The Morgan fingerprint density at radius 3 is 2.95 bits per heavy atom. The summed E-state index contributed by atoms with van der Waals surface area (Å²) >= 11 is 11.4. The maximum absolute atomic E-state index is 14.3. The first-order valence-corrected chi connectivity index (χ1v) is 7.91. The summed E-state index contributed by atoms with van der Waals surface area (Å²) in [5, 5.41) is 0.825. The summed E-state index contributed by atoms with van der Waals surface area (Å²) < 4.78 is 20.7. The molecule has 0 spiro atoms. The van der Waals surface area contributed by atoms with Gasteiger partial charge in [0, 0.05) is 21.5 Å². The maximum atomic E-state index is 14.3. The lowest BCUT2D eigenvalue weighted by atomic mass is 10.1. The van der Waals surface area contributed by atoms with Crippen LogP contribution >= 0.6 is 50.1 Å². The molecule has 0 saturated carbocycles. The predicted molar refractivity (Wildman–Crippen MR) is 83.1 cm³/mol. The molecule has 0 amide bonds. The lowest BCUT2D eigenvalue weighted by molar-refractivity contribution is 0.193. The molecule has 7 heteroatoms. The Balaban J connectivity index is 2.24. The van der Waals surface area contributed by atoms with E-state index in [1.807, 2.05) is 22.6 Å². The molecule has 1 aliphatic heterocycles. The zero-order valence-corrected chi connectivity index (χ0v) is 14.1. The van der Waals surface area contributed by atoms with Gasteiger partial charge in [0.2, 0.25) is 0 Å². The summed E-state index contributed by atoms with van der Waals surface area (Å²) in [6, 6.07) is 1.78. The van der Waals surface area contributed by atoms with Crippen LogP contribution in [0.1, 0.15) is 18.2 Å². The Labute approximate surface area is 136 Å². The molecule has 1 atom stereocenters. The first kappa shape index (κ1) is 13.9. The minimum atomic E-state index is -0.397. The van der Waals surface area contributed by atoms with E-state index in [9.17, 15) is 4.39 Å². The SMILES string of the molecule is Fc1c(Br)c(I)cc2c(Cl)nc(C3CCOC3)nc12. The van der Waals surface area contributed by atoms with E-state index >= 15 is 0 Å². The number of aromatic nitrogens is 2.